The lowest BCUT2D eigenvalue weighted by molar-refractivity contribution is 0.653. The molecule has 0 spiro atoms. The van der Waals surface area contributed by atoms with Crippen molar-refractivity contribution in [1.29, 1.82) is 0 Å². The fourth-order valence-corrected chi connectivity index (χ4v) is 10.5. The highest BCUT2D eigenvalue weighted by Gasteiger charge is 2.38. The molecule has 0 bridgehead atoms. The molecular formula is C57H37NO. The van der Waals surface area contributed by atoms with Crippen LogP contribution >= 0.6 is 0 Å². The Bertz CT molecular complexity index is 3710. The molecule has 276 valence electrons. The fourth-order valence-electron chi connectivity index (χ4n) is 10.5. The normalized spacial score (nSPS) is 13.4. The Balaban J connectivity index is 1.03. The number of fused-ring (bicyclic) bond motifs is 16. The van der Waals surface area contributed by atoms with Crippen LogP contribution < -0.4 is 0 Å². The molecule has 2 heteroatoms. The van der Waals surface area contributed by atoms with Gasteiger partial charge in [0.15, 0.2) is 0 Å². The molecule has 13 rings (SSSR count). The van der Waals surface area contributed by atoms with Crippen molar-refractivity contribution >= 4 is 76.1 Å². The predicted octanol–water partition coefficient (Wildman–Crippen LogP) is 15.8. The quantitative estimate of drug-likeness (QED) is 0.164. The fraction of sp³-hybridized carbons (Fsp3) is 0.0526. The van der Waals surface area contributed by atoms with Crippen LogP contribution in [0.3, 0.4) is 0 Å². The van der Waals surface area contributed by atoms with Crippen LogP contribution in [0.25, 0.3) is 115 Å². The van der Waals surface area contributed by atoms with E-state index in [4.69, 9.17) is 4.42 Å². The summed E-state index contributed by atoms with van der Waals surface area (Å²) in [5.41, 5.74) is 15.2. The van der Waals surface area contributed by atoms with E-state index in [1.165, 1.54) is 109 Å². The van der Waals surface area contributed by atoms with Crippen LogP contribution in [0.2, 0.25) is 0 Å². The third-order valence-electron chi connectivity index (χ3n) is 13.4. The number of aromatic nitrogens is 1. The number of para-hydroxylation sites is 1. The number of benzene rings is 10. The van der Waals surface area contributed by atoms with E-state index >= 15 is 0 Å². The minimum atomic E-state index is -0.203. The van der Waals surface area contributed by atoms with Crippen molar-refractivity contribution in [3.8, 4) is 39.1 Å². The zero-order valence-corrected chi connectivity index (χ0v) is 32.8. The molecule has 2 heterocycles. The zero-order valence-electron chi connectivity index (χ0n) is 32.8. The van der Waals surface area contributed by atoms with Gasteiger partial charge in [0.2, 0.25) is 0 Å². The molecule has 12 aromatic rings. The number of rotatable bonds is 3. The molecule has 10 aromatic carbocycles. The van der Waals surface area contributed by atoms with Crippen LogP contribution in [0.5, 0.6) is 0 Å². The summed E-state index contributed by atoms with van der Waals surface area (Å²) in [7, 11) is 0. The lowest BCUT2D eigenvalue weighted by Gasteiger charge is -2.22. The highest BCUT2D eigenvalue weighted by Crippen LogP contribution is 2.53. The maximum atomic E-state index is 6.62. The molecule has 59 heavy (non-hydrogen) atoms. The summed E-state index contributed by atoms with van der Waals surface area (Å²) in [6, 6.07) is 69.5. The molecule has 0 saturated carbocycles. The summed E-state index contributed by atoms with van der Waals surface area (Å²) < 4.78 is 9.09. The van der Waals surface area contributed by atoms with Gasteiger partial charge in [-0.1, -0.05) is 153 Å². The third kappa shape index (κ3) is 4.52. The minimum Gasteiger partial charge on any atom is -0.455 e. The Morgan fingerprint density at radius 2 is 0.898 bits per heavy atom. The Hall–Kier alpha value is -7.42. The molecule has 0 fully saturated rings. The van der Waals surface area contributed by atoms with E-state index in [0.717, 1.165) is 16.9 Å². The van der Waals surface area contributed by atoms with Crippen molar-refractivity contribution in [2.45, 2.75) is 19.3 Å². The molecule has 0 aliphatic heterocycles. The second-order valence-corrected chi connectivity index (χ2v) is 16.8. The van der Waals surface area contributed by atoms with E-state index in [2.05, 4.69) is 206 Å². The van der Waals surface area contributed by atoms with Gasteiger partial charge in [-0.25, -0.2) is 0 Å². The molecule has 2 nitrogen and oxygen atoms in total. The third-order valence-corrected chi connectivity index (χ3v) is 13.4. The van der Waals surface area contributed by atoms with E-state index < -0.39 is 0 Å². The van der Waals surface area contributed by atoms with E-state index in [0.29, 0.717) is 0 Å². The van der Waals surface area contributed by atoms with Gasteiger partial charge in [-0.3, -0.25) is 0 Å². The van der Waals surface area contributed by atoms with E-state index in [9.17, 15) is 0 Å². The molecule has 1 aliphatic rings. The Morgan fingerprint density at radius 3 is 1.58 bits per heavy atom. The predicted molar refractivity (Wildman–Crippen MR) is 249 cm³/mol. The molecule has 0 atom stereocenters. The summed E-state index contributed by atoms with van der Waals surface area (Å²) in [5.74, 6) is 0. The minimum absolute atomic E-state index is 0.203. The van der Waals surface area contributed by atoms with Crippen LogP contribution in [-0.4, -0.2) is 4.57 Å². The topological polar surface area (TPSA) is 18.1 Å². The first-order valence-corrected chi connectivity index (χ1v) is 20.6. The Morgan fingerprint density at radius 1 is 0.373 bits per heavy atom. The van der Waals surface area contributed by atoms with Crippen LogP contribution in [0, 0.1) is 0 Å². The van der Waals surface area contributed by atoms with Crippen LogP contribution in [0.1, 0.15) is 25.0 Å². The second kappa shape index (κ2) is 11.8. The average Bonchev–Trinajstić information content (AvgIpc) is 3.91. The average molecular weight is 752 g/mol. The summed E-state index contributed by atoms with van der Waals surface area (Å²) in [4.78, 5) is 0. The Labute approximate surface area is 341 Å². The monoisotopic (exact) mass is 751 g/mol. The maximum absolute atomic E-state index is 6.62. The SMILES string of the molecule is CC1(C)c2cc(-n3c4ccc(-c5ccccc5)cc4c4cc(-c5ccc6c7ccccc7c7ccccc7c6c5)ccc43)ccc2-c2c1ccc1c2oc2ccccc21. The van der Waals surface area contributed by atoms with Gasteiger partial charge in [0, 0.05) is 38.2 Å². The van der Waals surface area contributed by atoms with Crippen molar-refractivity contribution in [3.05, 3.63) is 199 Å². The summed E-state index contributed by atoms with van der Waals surface area (Å²) in [6.07, 6.45) is 0. The molecule has 1 aliphatic carbocycles. The number of hydrogen-bond donors (Lipinski definition) is 0. The maximum Gasteiger partial charge on any atom is 0.143 e. The molecule has 0 N–H and O–H groups in total. The van der Waals surface area contributed by atoms with Gasteiger partial charge in [0.1, 0.15) is 11.2 Å². The van der Waals surface area contributed by atoms with Crippen LogP contribution in [0.4, 0.5) is 0 Å². The van der Waals surface area contributed by atoms with Gasteiger partial charge in [0.25, 0.3) is 0 Å². The summed E-state index contributed by atoms with van der Waals surface area (Å²) >= 11 is 0. The van der Waals surface area contributed by atoms with Crippen molar-refractivity contribution < 1.29 is 4.42 Å². The van der Waals surface area contributed by atoms with Gasteiger partial charge in [-0.2, -0.15) is 0 Å². The summed E-state index contributed by atoms with van der Waals surface area (Å²) in [6.45, 7) is 4.71. The lowest BCUT2D eigenvalue weighted by Crippen LogP contribution is -2.15. The standard InChI is InChI=1S/C57H37NO/c1-57(2)50-27-26-45-44-18-10-11-19-54(44)59-56(45)55(50)46-25-23-38(33-51(46)57)58-52-28-21-35(34-12-4-3-5-13-34)31-48(52)49-32-37(22-29-53(49)58)36-20-24-43-41-16-7-6-14-39(41)40-15-8-9-17-42(40)47(43)30-36/h3-33H,1-2H3. The van der Waals surface area contributed by atoms with Crippen molar-refractivity contribution in [2.75, 3.05) is 0 Å². The molecule has 0 radical (unpaired) electrons. The highest BCUT2D eigenvalue weighted by molar-refractivity contribution is 6.26. The largest absolute Gasteiger partial charge is 0.455 e. The van der Waals surface area contributed by atoms with Crippen molar-refractivity contribution in [1.82, 2.24) is 4.57 Å². The molecule has 0 saturated heterocycles. The zero-order chi connectivity index (χ0) is 39.0. The molecular weight excluding hydrogens is 715 g/mol. The van der Waals surface area contributed by atoms with Gasteiger partial charge in [-0.05, 0) is 120 Å². The van der Waals surface area contributed by atoms with Crippen LogP contribution in [0.15, 0.2) is 192 Å². The van der Waals surface area contributed by atoms with E-state index in [-0.39, 0.29) is 5.41 Å². The van der Waals surface area contributed by atoms with Gasteiger partial charge in [0.05, 0.1) is 11.0 Å². The van der Waals surface area contributed by atoms with Crippen molar-refractivity contribution in [3.63, 3.8) is 0 Å². The number of nitrogens with zero attached hydrogens (tertiary/aromatic N) is 1. The smallest absolute Gasteiger partial charge is 0.143 e. The summed E-state index contributed by atoms with van der Waals surface area (Å²) in [5, 5.41) is 12.6. The number of hydrogen-bond acceptors (Lipinski definition) is 1. The highest BCUT2D eigenvalue weighted by atomic mass is 16.3. The first kappa shape index (κ1) is 32.6. The second-order valence-electron chi connectivity index (χ2n) is 16.8. The molecule has 2 aromatic heterocycles. The first-order chi connectivity index (χ1) is 29.0. The van der Waals surface area contributed by atoms with Gasteiger partial charge < -0.3 is 8.98 Å². The van der Waals surface area contributed by atoms with Gasteiger partial charge in [-0.15, -0.1) is 0 Å². The molecule has 0 unspecified atom stereocenters. The Kier molecular flexibility index (Phi) is 6.54. The van der Waals surface area contributed by atoms with E-state index in [1.54, 1.807) is 0 Å². The molecule has 0 amide bonds. The van der Waals surface area contributed by atoms with Crippen LogP contribution in [-0.2, 0) is 5.41 Å². The lowest BCUT2D eigenvalue weighted by atomic mass is 9.82. The first-order valence-electron chi connectivity index (χ1n) is 20.6. The van der Waals surface area contributed by atoms with Crippen molar-refractivity contribution in [2.24, 2.45) is 0 Å². The van der Waals surface area contributed by atoms with Gasteiger partial charge >= 0.3 is 0 Å². The number of furan rings is 1. The van der Waals surface area contributed by atoms with E-state index in [1.807, 2.05) is 0 Å².